The van der Waals surface area contributed by atoms with E-state index in [-0.39, 0.29) is 5.84 Å². The number of benzene rings is 1. The molecule has 4 heteroatoms. The molecule has 0 aliphatic heterocycles. The fraction of sp³-hybridized carbons (Fsp3) is 0.562. The Labute approximate surface area is 121 Å². The molecule has 0 saturated heterocycles. The lowest BCUT2D eigenvalue weighted by Crippen LogP contribution is -2.36. The first-order valence-corrected chi connectivity index (χ1v) is 7.46. The summed E-state index contributed by atoms with van der Waals surface area (Å²) in [7, 11) is 2.15. The maximum Gasteiger partial charge on any atom is 0.170 e. The van der Waals surface area contributed by atoms with Gasteiger partial charge in [0.25, 0.3) is 0 Å². The van der Waals surface area contributed by atoms with Crippen LogP contribution >= 0.6 is 0 Å². The fourth-order valence-electron chi connectivity index (χ4n) is 3.14. The molecule has 1 aliphatic rings. The highest BCUT2D eigenvalue weighted by Crippen LogP contribution is 2.31. The molecule has 2 atom stereocenters. The molecule has 1 aromatic carbocycles. The van der Waals surface area contributed by atoms with E-state index in [1.54, 1.807) is 0 Å². The van der Waals surface area contributed by atoms with E-state index in [1.807, 2.05) is 18.2 Å². The molecule has 1 aliphatic carbocycles. The summed E-state index contributed by atoms with van der Waals surface area (Å²) >= 11 is 0. The molecule has 0 spiro atoms. The van der Waals surface area contributed by atoms with Gasteiger partial charge in [0.2, 0.25) is 0 Å². The van der Waals surface area contributed by atoms with Crippen LogP contribution < -0.4 is 10.6 Å². The zero-order valence-corrected chi connectivity index (χ0v) is 12.4. The van der Waals surface area contributed by atoms with Gasteiger partial charge in [-0.15, -0.1) is 0 Å². The zero-order valence-electron chi connectivity index (χ0n) is 12.4. The van der Waals surface area contributed by atoms with Crippen molar-refractivity contribution in [3.63, 3.8) is 0 Å². The van der Waals surface area contributed by atoms with Crippen molar-refractivity contribution in [2.24, 2.45) is 16.8 Å². The van der Waals surface area contributed by atoms with E-state index in [1.165, 1.54) is 32.1 Å². The monoisotopic (exact) mass is 275 g/mol. The highest BCUT2D eigenvalue weighted by molar-refractivity contribution is 5.97. The number of rotatable bonds is 4. The van der Waals surface area contributed by atoms with Crippen LogP contribution in [0.25, 0.3) is 0 Å². The van der Waals surface area contributed by atoms with Crippen molar-refractivity contribution in [2.75, 3.05) is 11.9 Å². The van der Waals surface area contributed by atoms with Crippen LogP contribution in [-0.2, 0) is 0 Å². The van der Waals surface area contributed by atoms with E-state index in [9.17, 15) is 0 Å². The lowest BCUT2D eigenvalue weighted by Gasteiger charge is -2.36. The number of nitrogens with two attached hydrogens (primary N) is 1. The van der Waals surface area contributed by atoms with Crippen LogP contribution in [-0.4, -0.2) is 24.1 Å². The molecule has 1 saturated carbocycles. The Morgan fingerprint density at radius 3 is 2.95 bits per heavy atom. The van der Waals surface area contributed by atoms with Crippen molar-refractivity contribution < 1.29 is 5.21 Å². The second-order valence-electron chi connectivity index (χ2n) is 5.74. The fourth-order valence-corrected chi connectivity index (χ4v) is 3.14. The molecule has 1 fully saturated rings. The Balaban J connectivity index is 2.14. The molecule has 0 heterocycles. The second kappa shape index (κ2) is 6.64. The summed E-state index contributed by atoms with van der Waals surface area (Å²) < 4.78 is 0. The van der Waals surface area contributed by atoms with E-state index in [0.717, 1.165) is 17.2 Å². The highest BCUT2D eigenvalue weighted by atomic mass is 16.4. The Kier molecular flexibility index (Phi) is 4.88. The summed E-state index contributed by atoms with van der Waals surface area (Å²) in [5.41, 5.74) is 7.57. The lowest BCUT2D eigenvalue weighted by molar-refractivity contribution is 0.309. The molecule has 2 unspecified atom stereocenters. The van der Waals surface area contributed by atoms with Gasteiger partial charge in [0.05, 0.1) is 0 Å². The van der Waals surface area contributed by atoms with Crippen LogP contribution in [0.3, 0.4) is 0 Å². The van der Waals surface area contributed by atoms with Gasteiger partial charge < -0.3 is 15.8 Å². The van der Waals surface area contributed by atoms with Crippen molar-refractivity contribution in [2.45, 2.75) is 45.1 Å². The third kappa shape index (κ3) is 3.24. The summed E-state index contributed by atoms with van der Waals surface area (Å²) in [6.07, 6.45) is 6.47. The minimum absolute atomic E-state index is 0.162. The molecular formula is C16H25N3O. The minimum atomic E-state index is 0.162. The molecule has 2 rings (SSSR count). The predicted molar refractivity (Wildman–Crippen MR) is 83.4 cm³/mol. The van der Waals surface area contributed by atoms with E-state index in [2.05, 4.69) is 30.1 Å². The molecule has 20 heavy (non-hydrogen) atoms. The number of hydrogen-bond donors (Lipinski definition) is 2. The van der Waals surface area contributed by atoms with Crippen LogP contribution in [0.4, 0.5) is 5.69 Å². The number of amidine groups is 1. The van der Waals surface area contributed by atoms with Gasteiger partial charge in [-0.1, -0.05) is 43.5 Å². The zero-order chi connectivity index (χ0) is 14.5. The van der Waals surface area contributed by atoms with Gasteiger partial charge in [0.1, 0.15) is 0 Å². The predicted octanol–water partition coefficient (Wildman–Crippen LogP) is 3.19. The van der Waals surface area contributed by atoms with Gasteiger partial charge in [-0.25, -0.2) is 0 Å². The smallest absolute Gasteiger partial charge is 0.170 e. The van der Waals surface area contributed by atoms with Gasteiger partial charge in [0, 0.05) is 24.3 Å². The third-order valence-corrected chi connectivity index (χ3v) is 4.54. The summed E-state index contributed by atoms with van der Waals surface area (Å²) in [5, 5.41) is 11.9. The average molecular weight is 275 g/mol. The molecule has 0 radical (unpaired) electrons. The van der Waals surface area contributed by atoms with Crippen molar-refractivity contribution in [1.82, 2.24) is 0 Å². The van der Waals surface area contributed by atoms with Crippen molar-refractivity contribution in [3.8, 4) is 0 Å². The van der Waals surface area contributed by atoms with Crippen molar-refractivity contribution in [3.05, 3.63) is 29.8 Å². The Hall–Kier alpha value is -1.71. The Morgan fingerprint density at radius 2 is 2.25 bits per heavy atom. The quantitative estimate of drug-likeness (QED) is 0.384. The van der Waals surface area contributed by atoms with Gasteiger partial charge >= 0.3 is 0 Å². The number of hydrogen-bond acceptors (Lipinski definition) is 3. The molecule has 4 nitrogen and oxygen atoms in total. The van der Waals surface area contributed by atoms with Crippen LogP contribution in [0, 0.1) is 5.92 Å². The summed E-state index contributed by atoms with van der Waals surface area (Å²) in [6, 6.07) is 8.49. The van der Waals surface area contributed by atoms with Crippen molar-refractivity contribution >= 4 is 11.5 Å². The second-order valence-corrected chi connectivity index (χ2v) is 5.74. The van der Waals surface area contributed by atoms with E-state index in [0.29, 0.717) is 6.04 Å². The molecule has 110 valence electrons. The largest absolute Gasteiger partial charge is 0.409 e. The van der Waals surface area contributed by atoms with Crippen LogP contribution in [0.1, 0.15) is 44.6 Å². The first kappa shape index (κ1) is 14.7. The maximum atomic E-state index is 8.78. The van der Waals surface area contributed by atoms with Crippen LogP contribution in [0.5, 0.6) is 0 Å². The van der Waals surface area contributed by atoms with Crippen LogP contribution in [0.15, 0.2) is 29.4 Å². The first-order valence-electron chi connectivity index (χ1n) is 7.46. The molecule has 1 aromatic rings. The van der Waals surface area contributed by atoms with E-state index in [4.69, 9.17) is 10.9 Å². The highest BCUT2D eigenvalue weighted by Gasteiger charge is 2.24. The normalized spacial score (nSPS) is 23.6. The number of oxime groups is 1. The summed E-state index contributed by atoms with van der Waals surface area (Å²) in [4.78, 5) is 2.34. The number of nitrogens with zero attached hydrogens (tertiary/aromatic N) is 2. The number of anilines is 1. The minimum Gasteiger partial charge on any atom is -0.409 e. The molecule has 0 aromatic heterocycles. The standard InChI is InChI=1S/C16H25N3O/c1-3-12-6-4-8-14(10-12)19(2)15-9-5-7-13(11-15)16(17)18-20/h5,7,9,11-12,14,20H,3-4,6,8,10H2,1-2H3,(H2,17,18). The summed E-state index contributed by atoms with van der Waals surface area (Å²) in [6.45, 7) is 2.28. The van der Waals surface area contributed by atoms with E-state index < -0.39 is 0 Å². The third-order valence-electron chi connectivity index (χ3n) is 4.54. The van der Waals surface area contributed by atoms with Gasteiger partial charge in [0.15, 0.2) is 5.84 Å². The Morgan fingerprint density at radius 1 is 1.45 bits per heavy atom. The van der Waals surface area contributed by atoms with Gasteiger partial charge in [-0.2, -0.15) is 0 Å². The van der Waals surface area contributed by atoms with E-state index >= 15 is 0 Å². The molecular weight excluding hydrogens is 250 g/mol. The molecule has 3 N–H and O–H groups in total. The van der Waals surface area contributed by atoms with Gasteiger partial charge in [-0.3, -0.25) is 0 Å². The van der Waals surface area contributed by atoms with Crippen LogP contribution in [0.2, 0.25) is 0 Å². The Bertz CT molecular complexity index is 473. The SMILES string of the molecule is CCC1CCCC(N(C)c2cccc(C(N)=NO)c2)C1. The topological polar surface area (TPSA) is 61.8 Å². The molecule has 0 bridgehead atoms. The van der Waals surface area contributed by atoms with Gasteiger partial charge in [-0.05, 0) is 30.9 Å². The lowest BCUT2D eigenvalue weighted by atomic mass is 9.83. The average Bonchev–Trinajstić information content (AvgIpc) is 2.53. The summed E-state index contributed by atoms with van der Waals surface area (Å²) in [5.74, 6) is 1.01. The first-order chi connectivity index (χ1) is 9.65. The maximum absolute atomic E-state index is 8.78. The van der Waals surface area contributed by atoms with Crippen molar-refractivity contribution in [1.29, 1.82) is 0 Å². The molecule has 0 amide bonds.